The first-order valence-corrected chi connectivity index (χ1v) is 3.59. The van der Waals surface area contributed by atoms with Crippen molar-refractivity contribution in [1.82, 2.24) is 4.98 Å². The van der Waals surface area contributed by atoms with Crippen LogP contribution in [0.25, 0.3) is 0 Å². The van der Waals surface area contributed by atoms with Gasteiger partial charge in [0.2, 0.25) is 5.88 Å². The van der Waals surface area contributed by atoms with Gasteiger partial charge < -0.3 is 9.84 Å². The number of hydrogen-bond donors (Lipinski definition) is 1. The molecule has 0 saturated carbocycles. The van der Waals surface area contributed by atoms with Gasteiger partial charge in [-0.15, -0.1) is 0 Å². The van der Waals surface area contributed by atoms with Crippen LogP contribution in [0.15, 0.2) is 12.3 Å². The van der Waals surface area contributed by atoms with Crippen LogP contribution in [0.5, 0.6) is 11.6 Å². The van der Waals surface area contributed by atoms with Crippen LogP contribution in [-0.4, -0.2) is 16.7 Å². The number of hydrogen-bond acceptors (Lipinski definition) is 3. The first kappa shape index (κ1) is 8.14. The quantitative estimate of drug-likeness (QED) is 0.742. The lowest BCUT2D eigenvalue weighted by Crippen LogP contribution is -1.94. The Balaban J connectivity index is 2.90. The molecule has 0 radical (unpaired) electrons. The largest absolute Gasteiger partial charge is 0.506 e. The van der Waals surface area contributed by atoms with Gasteiger partial charge in [-0.3, -0.25) is 0 Å². The number of halogens is 1. The fourth-order valence-electron chi connectivity index (χ4n) is 0.658. The van der Waals surface area contributed by atoms with Crippen LogP contribution in [0.4, 0.5) is 0 Å². The van der Waals surface area contributed by atoms with Gasteiger partial charge in [-0.1, -0.05) is 11.6 Å². The summed E-state index contributed by atoms with van der Waals surface area (Å²) in [5, 5.41) is 9.23. The summed E-state index contributed by atoms with van der Waals surface area (Å²) in [5.41, 5.74) is 0. The summed E-state index contributed by atoms with van der Waals surface area (Å²) in [7, 11) is 0. The fourth-order valence-corrected chi connectivity index (χ4v) is 0.873. The van der Waals surface area contributed by atoms with E-state index >= 15 is 0 Å². The van der Waals surface area contributed by atoms with E-state index in [4.69, 9.17) is 21.4 Å². The minimum atomic E-state index is 0.0402. The van der Waals surface area contributed by atoms with Crippen LogP contribution < -0.4 is 4.74 Å². The van der Waals surface area contributed by atoms with Crippen LogP contribution in [0.3, 0.4) is 0 Å². The van der Waals surface area contributed by atoms with E-state index in [1.807, 2.05) is 6.92 Å². The number of ether oxygens (including phenoxy) is 1. The van der Waals surface area contributed by atoms with Gasteiger partial charge in [-0.05, 0) is 6.92 Å². The van der Waals surface area contributed by atoms with E-state index in [1.165, 1.54) is 12.3 Å². The Bertz CT molecular complexity index is 252. The fraction of sp³-hybridized carbons (Fsp3) is 0.286. The standard InChI is InChI=1S/C7H8ClNO2/c1-2-11-7-6(8)3-5(10)4-9-7/h3-4,10H,2H2,1H3. The summed E-state index contributed by atoms with van der Waals surface area (Å²) in [4.78, 5) is 3.76. The highest BCUT2D eigenvalue weighted by molar-refractivity contribution is 6.31. The third-order valence-corrected chi connectivity index (χ3v) is 1.34. The molecule has 1 heterocycles. The molecule has 0 aromatic carbocycles. The predicted octanol–water partition coefficient (Wildman–Crippen LogP) is 1.84. The molecule has 0 bridgehead atoms. The van der Waals surface area contributed by atoms with Crippen molar-refractivity contribution in [2.24, 2.45) is 0 Å². The second kappa shape index (κ2) is 3.44. The summed E-state index contributed by atoms with van der Waals surface area (Å²) < 4.78 is 5.04. The predicted molar refractivity (Wildman–Crippen MR) is 42.1 cm³/mol. The van der Waals surface area contributed by atoms with E-state index in [2.05, 4.69) is 4.98 Å². The van der Waals surface area contributed by atoms with Gasteiger partial charge in [0.25, 0.3) is 0 Å². The van der Waals surface area contributed by atoms with E-state index in [1.54, 1.807) is 0 Å². The van der Waals surface area contributed by atoms with E-state index < -0.39 is 0 Å². The van der Waals surface area contributed by atoms with Crippen LogP contribution in [0.2, 0.25) is 5.02 Å². The second-order valence-electron chi connectivity index (χ2n) is 1.91. The van der Waals surface area contributed by atoms with E-state index in [-0.39, 0.29) is 5.75 Å². The molecule has 0 amide bonds. The lowest BCUT2D eigenvalue weighted by atomic mass is 10.4. The van der Waals surface area contributed by atoms with Crippen molar-refractivity contribution in [2.45, 2.75) is 6.92 Å². The van der Waals surface area contributed by atoms with Gasteiger partial charge in [0.15, 0.2) is 0 Å². The normalized spacial score (nSPS) is 9.64. The summed E-state index contributed by atoms with van der Waals surface area (Å²) in [6.45, 7) is 2.35. The number of aromatic nitrogens is 1. The molecule has 4 heteroatoms. The zero-order valence-corrected chi connectivity index (χ0v) is 6.80. The smallest absolute Gasteiger partial charge is 0.232 e. The zero-order valence-electron chi connectivity index (χ0n) is 6.04. The Morgan fingerprint density at radius 3 is 3.00 bits per heavy atom. The molecular weight excluding hydrogens is 166 g/mol. The van der Waals surface area contributed by atoms with E-state index in [0.717, 1.165) is 0 Å². The van der Waals surface area contributed by atoms with Crippen molar-refractivity contribution in [3.63, 3.8) is 0 Å². The third-order valence-electron chi connectivity index (χ3n) is 1.07. The highest BCUT2D eigenvalue weighted by Gasteiger charge is 2.01. The van der Waals surface area contributed by atoms with E-state index in [9.17, 15) is 0 Å². The zero-order chi connectivity index (χ0) is 8.27. The van der Waals surface area contributed by atoms with Gasteiger partial charge >= 0.3 is 0 Å². The molecule has 0 fully saturated rings. The van der Waals surface area contributed by atoms with Gasteiger partial charge in [-0.2, -0.15) is 0 Å². The molecule has 0 aliphatic heterocycles. The molecule has 0 spiro atoms. The monoisotopic (exact) mass is 173 g/mol. The third kappa shape index (κ3) is 1.98. The molecule has 11 heavy (non-hydrogen) atoms. The molecule has 0 unspecified atom stereocenters. The maximum Gasteiger partial charge on any atom is 0.232 e. The molecule has 1 rings (SSSR count). The minimum Gasteiger partial charge on any atom is -0.506 e. The molecule has 3 nitrogen and oxygen atoms in total. The van der Waals surface area contributed by atoms with Crippen LogP contribution in [0.1, 0.15) is 6.92 Å². The van der Waals surface area contributed by atoms with Crippen molar-refractivity contribution in [3.05, 3.63) is 17.3 Å². The lowest BCUT2D eigenvalue weighted by molar-refractivity contribution is 0.325. The van der Waals surface area contributed by atoms with Gasteiger partial charge in [0, 0.05) is 6.07 Å². The van der Waals surface area contributed by atoms with E-state index in [0.29, 0.717) is 17.5 Å². The van der Waals surface area contributed by atoms with Crippen molar-refractivity contribution in [3.8, 4) is 11.6 Å². The van der Waals surface area contributed by atoms with Gasteiger partial charge in [0.1, 0.15) is 10.8 Å². The summed E-state index contributed by atoms with van der Waals surface area (Å²) in [5.74, 6) is 0.394. The second-order valence-corrected chi connectivity index (χ2v) is 2.32. The van der Waals surface area contributed by atoms with Crippen LogP contribution in [0, 0.1) is 0 Å². The summed E-state index contributed by atoms with van der Waals surface area (Å²) in [6, 6.07) is 1.39. The topological polar surface area (TPSA) is 42.4 Å². The Kier molecular flexibility index (Phi) is 2.54. The Morgan fingerprint density at radius 2 is 2.45 bits per heavy atom. The van der Waals surface area contributed by atoms with Crippen molar-refractivity contribution in [1.29, 1.82) is 0 Å². The molecule has 0 saturated heterocycles. The van der Waals surface area contributed by atoms with Crippen molar-refractivity contribution < 1.29 is 9.84 Å². The molecule has 0 aliphatic carbocycles. The number of pyridine rings is 1. The molecule has 1 aromatic heterocycles. The van der Waals surface area contributed by atoms with Crippen molar-refractivity contribution >= 4 is 11.6 Å². The van der Waals surface area contributed by atoms with Crippen molar-refractivity contribution in [2.75, 3.05) is 6.61 Å². The average molecular weight is 174 g/mol. The Morgan fingerprint density at radius 1 is 1.73 bits per heavy atom. The maximum atomic E-state index is 8.90. The molecule has 1 aromatic rings. The first-order chi connectivity index (χ1) is 5.24. The number of aromatic hydroxyl groups is 1. The minimum absolute atomic E-state index is 0.0402. The van der Waals surface area contributed by atoms with Gasteiger partial charge in [0.05, 0.1) is 12.8 Å². The average Bonchev–Trinajstić information content (AvgIpc) is 1.95. The van der Waals surface area contributed by atoms with Gasteiger partial charge in [-0.25, -0.2) is 4.98 Å². The highest BCUT2D eigenvalue weighted by Crippen LogP contribution is 2.24. The number of rotatable bonds is 2. The molecule has 1 N–H and O–H groups in total. The van der Waals surface area contributed by atoms with Crippen LogP contribution in [-0.2, 0) is 0 Å². The molecule has 60 valence electrons. The van der Waals surface area contributed by atoms with Crippen LogP contribution >= 0.6 is 11.6 Å². The first-order valence-electron chi connectivity index (χ1n) is 3.21. The molecule has 0 atom stereocenters. The highest BCUT2D eigenvalue weighted by atomic mass is 35.5. The summed E-state index contributed by atoms with van der Waals surface area (Å²) >= 11 is 5.66. The Labute approximate surface area is 69.6 Å². The summed E-state index contributed by atoms with van der Waals surface area (Å²) in [6.07, 6.45) is 1.29. The molecule has 0 aliphatic rings. The molecular formula is C7H8ClNO2. The SMILES string of the molecule is CCOc1ncc(O)cc1Cl. The Hall–Kier alpha value is -0.960. The maximum absolute atomic E-state index is 8.90. The lowest BCUT2D eigenvalue weighted by Gasteiger charge is -2.02. The number of nitrogens with zero attached hydrogens (tertiary/aromatic N) is 1.